The van der Waals surface area contributed by atoms with Crippen LogP contribution in [0.15, 0.2) is 22.7 Å². The first-order valence-corrected chi connectivity index (χ1v) is 5.58. The lowest BCUT2D eigenvalue weighted by Crippen LogP contribution is -2.27. The third kappa shape index (κ3) is 1.88. The van der Waals surface area contributed by atoms with Gasteiger partial charge in [-0.3, -0.25) is 0 Å². The predicted octanol–water partition coefficient (Wildman–Crippen LogP) is 3.72. The molecule has 1 nitrogen and oxygen atoms in total. The van der Waals surface area contributed by atoms with Crippen molar-refractivity contribution in [1.82, 2.24) is 0 Å². The first kappa shape index (κ1) is 9.07. The molecule has 1 fully saturated rings. The molecule has 0 spiro atoms. The summed E-state index contributed by atoms with van der Waals surface area (Å²) in [5, 5.41) is 3.54. The number of aryl methyl sites for hydroxylation is 1. The fourth-order valence-corrected chi connectivity index (χ4v) is 1.91. The molecule has 0 aliphatic heterocycles. The predicted molar refractivity (Wildman–Crippen MR) is 60.1 cm³/mol. The van der Waals surface area contributed by atoms with E-state index in [0.717, 1.165) is 0 Å². The number of benzene rings is 1. The number of rotatable bonds is 2. The third-order valence-corrected chi connectivity index (χ3v) is 3.71. The molecule has 1 N–H and O–H groups in total. The molecule has 0 saturated heterocycles. The van der Waals surface area contributed by atoms with Gasteiger partial charge in [0, 0.05) is 16.2 Å². The van der Waals surface area contributed by atoms with Gasteiger partial charge in [-0.2, -0.15) is 0 Å². The lowest BCUT2D eigenvalue weighted by Gasteiger charge is -2.28. The molecular weight excluding hydrogens is 226 g/mol. The average Bonchev–Trinajstić information content (AvgIpc) is 2.04. The van der Waals surface area contributed by atoms with Crippen molar-refractivity contribution in [3.63, 3.8) is 0 Å². The van der Waals surface area contributed by atoms with Crippen LogP contribution < -0.4 is 5.32 Å². The third-order valence-electron chi connectivity index (χ3n) is 2.66. The van der Waals surface area contributed by atoms with Crippen molar-refractivity contribution < 1.29 is 0 Å². The second-order valence-corrected chi connectivity index (χ2v) is 4.50. The smallest absolute Gasteiger partial charge is 0.0489 e. The fraction of sp³-hybridized carbons (Fsp3) is 0.455. The van der Waals surface area contributed by atoms with E-state index < -0.39 is 0 Å². The summed E-state index contributed by atoms with van der Waals surface area (Å²) in [4.78, 5) is 0. The lowest BCUT2D eigenvalue weighted by molar-refractivity contribution is 0.445. The minimum absolute atomic E-state index is 0.707. The molecule has 0 atom stereocenters. The van der Waals surface area contributed by atoms with Gasteiger partial charge in [0.25, 0.3) is 0 Å². The normalized spacial score (nSPS) is 16.8. The summed E-state index contributed by atoms with van der Waals surface area (Å²) in [5.74, 6) is 0. The Hall–Kier alpha value is -0.500. The number of hydrogen-bond acceptors (Lipinski definition) is 1. The van der Waals surface area contributed by atoms with Crippen LogP contribution in [0.5, 0.6) is 0 Å². The van der Waals surface area contributed by atoms with Gasteiger partial charge in [0.1, 0.15) is 0 Å². The van der Waals surface area contributed by atoms with Crippen LogP contribution in [0, 0.1) is 6.92 Å². The van der Waals surface area contributed by atoms with Gasteiger partial charge in [0.2, 0.25) is 0 Å². The molecule has 70 valence electrons. The zero-order valence-electron chi connectivity index (χ0n) is 7.81. The van der Waals surface area contributed by atoms with Gasteiger partial charge in [0.05, 0.1) is 0 Å². The summed E-state index contributed by atoms with van der Waals surface area (Å²) in [6, 6.07) is 7.06. The van der Waals surface area contributed by atoms with Gasteiger partial charge in [0.15, 0.2) is 0 Å². The quantitative estimate of drug-likeness (QED) is 0.830. The van der Waals surface area contributed by atoms with E-state index in [-0.39, 0.29) is 0 Å². The molecule has 0 heterocycles. The minimum atomic E-state index is 0.707. The molecule has 1 aromatic rings. The van der Waals surface area contributed by atoms with Gasteiger partial charge in [-0.25, -0.2) is 0 Å². The highest BCUT2D eigenvalue weighted by Gasteiger charge is 2.17. The number of halogens is 1. The molecule has 0 radical (unpaired) electrons. The van der Waals surface area contributed by atoms with E-state index >= 15 is 0 Å². The van der Waals surface area contributed by atoms with Crippen molar-refractivity contribution in [1.29, 1.82) is 0 Å². The molecule has 1 aliphatic carbocycles. The maximum atomic E-state index is 3.60. The van der Waals surface area contributed by atoms with Crippen molar-refractivity contribution in [3.8, 4) is 0 Å². The van der Waals surface area contributed by atoms with Crippen LogP contribution in [0.1, 0.15) is 24.8 Å². The Morgan fingerprint density at radius 1 is 1.38 bits per heavy atom. The Balaban J connectivity index is 2.14. The number of nitrogens with one attached hydrogen (secondary N) is 1. The molecule has 0 aromatic heterocycles. The molecule has 0 bridgehead atoms. The zero-order valence-corrected chi connectivity index (χ0v) is 9.39. The second kappa shape index (κ2) is 3.70. The first-order valence-electron chi connectivity index (χ1n) is 4.79. The van der Waals surface area contributed by atoms with Crippen molar-refractivity contribution in [2.45, 2.75) is 32.2 Å². The molecule has 2 heteroatoms. The highest BCUT2D eigenvalue weighted by atomic mass is 79.9. The van der Waals surface area contributed by atoms with Crippen LogP contribution >= 0.6 is 15.9 Å². The molecular formula is C11H14BrN. The molecule has 1 saturated carbocycles. The van der Waals surface area contributed by atoms with Gasteiger partial charge >= 0.3 is 0 Å². The molecule has 2 rings (SSSR count). The maximum Gasteiger partial charge on any atom is 0.0489 e. The van der Waals surface area contributed by atoms with E-state index in [1.807, 2.05) is 0 Å². The largest absolute Gasteiger partial charge is 0.381 e. The standard InChI is InChI=1S/C11H14BrN/c1-8-4-2-7-10(11(8)12)13-9-5-3-6-9/h2,4,7,9,13H,3,5-6H2,1H3. The minimum Gasteiger partial charge on any atom is -0.381 e. The van der Waals surface area contributed by atoms with Crippen molar-refractivity contribution >= 4 is 21.6 Å². The topological polar surface area (TPSA) is 12.0 Å². The van der Waals surface area contributed by atoms with E-state index in [9.17, 15) is 0 Å². The van der Waals surface area contributed by atoms with Gasteiger partial charge in [-0.05, 0) is 53.7 Å². The van der Waals surface area contributed by atoms with Crippen molar-refractivity contribution in [2.75, 3.05) is 5.32 Å². The fourth-order valence-electron chi connectivity index (χ4n) is 1.53. The highest BCUT2D eigenvalue weighted by Crippen LogP contribution is 2.30. The first-order chi connectivity index (χ1) is 6.27. The Labute approximate surface area is 87.7 Å². The zero-order chi connectivity index (χ0) is 9.26. The summed E-state index contributed by atoms with van der Waals surface area (Å²) in [6.07, 6.45) is 4.02. The van der Waals surface area contributed by atoms with E-state index in [4.69, 9.17) is 0 Å². The van der Waals surface area contributed by atoms with E-state index in [0.29, 0.717) is 6.04 Å². The van der Waals surface area contributed by atoms with Crippen LogP contribution in [0.25, 0.3) is 0 Å². The average molecular weight is 240 g/mol. The Bertz CT molecular complexity index is 305. The molecule has 0 unspecified atom stereocenters. The highest BCUT2D eigenvalue weighted by molar-refractivity contribution is 9.10. The SMILES string of the molecule is Cc1cccc(NC2CCC2)c1Br. The van der Waals surface area contributed by atoms with Crippen LogP contribution in [0.2, 0.25) is 0 Å². The van der Waals surface area contributed by atoms with Gasteiger partial charge in [-0.15, -0.1) is 0 Å². The van der Waals surface area contributed by atoms with Crippen molar-refractivity contribution in [3.05, 3.63) is 28.2 Å². The number of anilines is 1. The summed E-state index contributed by atoms with van der Waals surface area (Å²) in [6.45, 7) is 2.12. The monoisotopic (exact) mass is 239 g/mol. The molecule has 0 amide bonds. The van der Waals surface area contributed by atoms with E-state index in [1.54, 1.807) is 0 Å². The van der Waals surface area contributed by atoms with E-state index in [1.165, 1.54) is 35.0 Å². The lowest BCUT2D eigenvalue weighted by atomic mass is 9.93. The van der Waals surface area contributed by atoms with Crippen LogP contribution in [-0.4, -0.2) is 6.04 Å². The van der Waals surface area contributed by atoms with Crippen LogP contribution in [0.4, 0.5) is 5.69 Å². The second-order valence-electron chi connectivity index (χ2n) is 3.71. The number of hydrogen-bond donors (Lipinski definition) is 1. The Kier molecular flexibility index (Phi) is 2.58. The summed E-state index contributed by atoms with van der Waals surface area (Å²) in [5.41, 5.74) is 2.54. The van der Waals surface area contributed by atoms with E-state index in [2.05, 4.69) is 46.4 Å². The summed E-state index contributed by atoms with van der Waals surface area (Å²) < 4.78 is 1.21. The van der Waals surface area contributed by atoms with Crippen molar-refractivity contribution in [2.24, 2.45) is 0 Å². The summed E-state index contributed by atoms with van der Waals surface area (Å²) in [7, 11) is 0. The van der Waals surface area contributed by atoms with Crippen LogP contribution in [-0.2, 0) is 0 Å². The Morgan fingerprint density at radius 2 is 2.15 bits per heavy atom. The van der Waals surface area contributed by atoms with Gasteiger partial charge < -0.3 is 5.32 Å². The summed E-state index contributed by atoms with van der Waals surface area (Å²) >= 11 is 3.60. The molecule has 1 aliphatic rings. The Morgan fingerprint density at radius 3 is 2.77 bits per heavy atom. The molecule has 13 heavy (non-hydrogen) atoms. The van der Waals surface area contributed by atoms with Crippen LogP contribution in [0.3, 0.4) is 0 Å². The maximum absolute atomic E-state index is 3.60. The molecule has 1 aromatic carbocycles. The van der Waals surface area contributed by atoms with Gasteiger partial charge in [-0.1, -0.05) is 12.1 Å².